The number of hydrogen-bond donors (Lipinski definition) is 1. The zero-order valence-electron chi connectivity index (χ0n) is 11.6. The predicted molar refractivity (Wildman–Crippen MR) is 75.2 cm³/mol. The predicted octanol–water partition coefficient (Wildman–Crippen LogP) is 3.06. The number of non-ortho nitro benzene ring substituents is 1. The van der Waals surface area contributed by atoms with E-state index in [4.69, 9.17) is 4.74 Å². The molecule has 1 N–H and O–H groups in total. The number of rotatable bonds is 9. The molecule has 1 unspecified atom stereocenters. The minimum atomic E-state index is -0.360. The Morgan fingerprint density at radius 3 is 2.84 bits per heavy atom. The first kappa shape index (κ1) is 15.6. The fraction of sp³-hybridized carbons (Fsp3) is 0.571. The highest BCUT2D eigenvalue weighted by Crippen LogP contribution is 2.18. The maximum atomic E-state index is 10.7. The van der Waals surface area contributed by atoms with E-state index in [0.29, 0.717) is 0 Å². The van der Waals surface area contributed by atoms with Gasteiger partial charge in [-0.2, -0.15) is 0 Å². The van der Waals surface area contributed by atoms with E-state index < -0.39 is 0 Å². The standard InChI is InChI=1S/C14H22N2O3/c1-12(15-9-4-3-5-10-19-2)13-7-6-8-14(11-13)16(17)18/h6-8,11-12,15H,3-5,9-10H2,1-2H3. The molecule has 0 radical (unpaired) electrons. The Morgan fingerprint density at radius 1 is 1.37 bits per heavy atom. The van der Waals surface area contributed by atoms with Crippen molar-refractivity contribution in [1.82, 2.24) is 5.32 Å². The zero-order valence-corrected chi connectivity index (χ0v) is 11.6. The van der Waals surface area contributed by atoms with Crippen molar-refractivity contribution < 1.29 is 9.66 Å². The number of methoxy groups -OCH3 is 1. The second kappa shape index (κ2) is 8.61. The Balaban J connectivity index is 2.34. The molecule has 19 heavy (non-hydrogen) atoms. The van der Waals surface area contributed by atoms with Crippen molar-refractivity contribution >= 4 is 5.69 Å². The molecule has 106 valence electrons. The maximum absolute atomic E-state index is 10.7. The van der Waals surface area contributed by atoms with Gasteiger partial charge in [-0.3, -0.25) is 10.1 Å². The van der Waals surface area contributed by atoms with Crippen LogP contribution in [0, 0.1) is 10.1 Å². The fourth-order valence-electron chi connectivity index (χ4n) is 1.89. The number of hydrogen-bond acceptors (Lipinski definition) is 4. The molecule has 0 fully saturated rings. The van der Waals surface area contributed by atoms with E-state index >= 15 is 0 Å². The third-order valence-electron chi connectivity index (χ3n) is 3.06. The molecule has 1 atom stereocenters. The first-order chi connectivity index (χ1) is 9.15. The summed E-state index contributed by atoms with van der Waals surface area (Å²) in [4.78, 5) is 10.3. The minimum Gasteiger partial charge on any atom is -0.385 e. The molecule has 0 heterocycles. The number of benzene rings is 1. The minimum absolute atomic E-state index is 0.127. The lowest BCUT2D eigenvalue weighted by atomic mass is 10.1. The van der Waals surface area contributed by atoms with E-state index in [1.807, 2.05) is 13.0 Å². The van der Waals surface area contributed by atoms with E-state index in [0.717, 1.165) is 38.0 Å². The van der Waals surface area contributed by atoms with Crippen LogP contribution < -0.4 is 5.32 Å². The normalized spacial score (nSPS) is 12.3. The molecular weight excluding hydrogens is 244 g/mol. The van der Waals surface area contributed by atoms with E-state index in [2.05, 4.69) is 5.32 Å². The molecule has 5 heteroatoms. The second-order valence-corrected chi connectivity index (χ2v) is 4.58. The molecule has 1 rings (SSSR count). The maximum Gasteiger partial charge on any atom is 0.269 e. The number of nitrogens with zero attached hydrogens (tertiary/aromatic N) is 1. The van der Waals surface area contributed by atoms with Crippen LogP contribution in [0.3, 0.4) is 0 Å². The highest BCUT2D eigenvalue weighted by atomic mass is 16.6. The number of nitro groups is 1. The first-order valence-corrected chi connectivity index (χ1v) is 6.62. The molecular formula is C14H22N2O3. The van der Waals surface area contributed by atoms with Crippen LogP contribution in [0.1, 0.15) is 37.8 Å². The highest BCUT2D eigenvalue weighted by molar-refractivity contribution is 5.35. The van der Waals surface area contributed by atoms with Crippen molar-refractivity contribution in [2.45, 2.75) is 32.2 Å². The summed E-state index contributed by atoms with van der Waals surface area (Å²) < 4.78 is 4.99. The van der Waals surface area contributed by atoms with Crippen LogP contribution in [0.15, 0.2) is 24.3 Å². The SMILES string of the molecule is COCCCCCNC(C)c1cccc([N+](=O)[O-])c1. The van der Waals surface area contributed by atoms with Gasteiger partial charge in [-0.05, 0) is 38.3 Å². The van der Waals surface area contributed by atoms with Crippen molar-refractivity contribution in [3.05, 3.63) is 39.9 Å². The van der Waals surface area contributed by atoms with Crippen molar-refractivity contribution in [1.29, 1.82) is 0 Å². The molecule has 0 amide bonds. The molecule has 0 saturated carbocycles. The monoisotopic (exact) mass is 266 g/mol. The summed E-state index contributed by atoms with van der Waals surface area (Å²) in [5.41, 5.74) is 1.09. The van der Waals surface area contributed by atoms with Crippen LogP contribution in [-0.2, 0) is 4.74 Å². The molecule has 0 aromatic heterocycles. The molecule has 1 aromatic carbocycles. The van der Waals surface area contributed by atoms with Crippen LogP contribution in [0.25, 0.3) is 0 Å². The van der Waals surface area contributed by atoms with Gasteiger partial charge >= 0.3 is 0 Å². The Kier molecular flexibility index (Phi) is 7.07. The van der Waals surface area contributed by atoms with Gasteiger partial charge in [-0.15, -0.1) is 0 Å². The van der Waals surface area contributed by atoms with Gasteiger partial charge < -0.3 is 10.1 Å². The number of nitro benzene ring substituents is 1. The number of nitrogens with one attached hydrogen (secondary N) is 1. The quantitative estimate of drug-likeness (QED) is 0.424. The summed E-state index contributed by atoms with van der Waals surface area (Å²) >= 11 is 0. The lowest BCUT2D eigenvalue weighted by Crippen LogP contribution is -2.20. The van der Waals surface area contributed by atoms with E-state index in [1.165, 1.54) is 6.07 Å². The van der Waals surface area contributed by atoms with Crippen molar-refractivity contribution in [3.8, 4) is 0 Å². The van der Waals surface area contributed by atoms with Crippen molar-refractivity contribution in [3.63, 3.8) is 0 Å². The lowest BCUT2D eigenvalue weighted by Gasteiger charge is -2.14. The molecule has 0 bridgehead atoms. The molecule has 5 nitrogen and oxygen atoms in total. The lowest BCUT2D eigenvalue weighted by molar-refractivity contribution is -0.384. The van der Waals surface area contributed by atoms with Crippen molar-refractivity contribution in [2.24, 2.45) is 0 Å². The average molecular weight is 266 g/mol. The summed E-state index contributed by atoms with van der Waals surface area (Å²) in [5, 5.41) is 14.1. The van der Waals surface area contributed by atoms with Crippen LogP contribution in [0.2, 0.25) is 0 Å². The van der Waals surface area contributed by atoms with Gasteiger partial charge in [-0.25, -0.2) is 0 Å². The first-order valence-electron chi connectivity index (χ1n) is 6.62. The van der Waals surface area contributed by atoms with Crippen LogP contribution >= 0.6 is 0 Å². The van der Waals surface area contributed by atoms with Crippen LogP contribution in [0.4, 0.5) is 5.69 Å². The Bertz CT molecular complexity index is 396. The van der Waals surface area contributed by atoms with E-state index in [1.54, 1.807) is 19.2 Å². The summed E-state index contributed by atoms with van der Waals surface area (Å²) in [7, 11) is 1.71. The number of unbranched alkanes of at least 4 members (excludes halogenated alkanes) is 2. The Morgan fingerprint density at radius 2 is 2.16 bits per heavy atom. The van der Waals surface area contributed by atoms with Gasteiger partial charge in [0.25, 0.3) is 5.69 Å². The topological polar surface area (TPSA) is 64.4 Å². The second-order valence-electron chi connectivity index (χ2n) is 4.58. The molecule has 0 aliphatic heterocycles. The van der Waals surface area contributed by atoms with Crippen LogP contribution in [0.5, 0.6) is 0 Å². The van der Waals surface area contributed by atoms with Crippen molar-refractivity contribution in [2.75, 3.05) is 20.3 Å². The Hall–Kier alpha value is -1.46. The van der Waals surface area contributed by atoms with Gasteiger partial charge in [0.1, 0.15) is 0 Å². The summed E-state index contributed by atoms with van der Waals surface area (Å²) in [6.07, 6.45) is 3.29. The largest absolute Gasteiger partial charge is 0.385 e. The Labute approximate surface area is 114 Å². The third kappa shape index (κ3) is 5.81. The third-order valence-corrected chi connectivity index (χ3v) is 3.06. The average Bonchev–Trinajstić information content (AvgIpc) is 2.42. The van der Waals surface area contributed by atoms with E-state index in [-0.39, 0.29) is 16.7 Å². The van der Waals surface area contributed by atoms with Crippen LogP contribution in [-0.4, -0.2) is 25.2 Å². The summed E-state index contributed by atoms with van der Waals surface area (Å²) in [5.74, 6) is 0. The fourth-order valence-corrected chi connectivity index (χ4v) is 1.89. The number of ether oxygens (including phenoxy) is 1. The molecule has 0 aliphatic carbocycles. The van der Waals surface area contributed by atoms with Gasteiger partial charge in [-0.1, -0.05) is 12.1 Å². The molecule has 1 aromatic rings. The van der Waals surface area contributed by atoms with Gasteiger partial charge in [0, 0.05) is 31.9 Å². The van der Waals surface area contributed by atoms with Gasteiger partial charge in [0.2, 0.25) is 0 Å². The smallest absolute Gasteiger partial charge is 0.269 e. The molecule has 0 spiro atoms. The summed E-state index contributed by atoms with van der Waals surface area (Å²) in [6.45, 7) is 3.74. The van der Waals surface area contributed by atoms with Gasteiger partial charge in [0.05, 0.1) is 4.92 Å². The molecule has 0 aliphatic rings. The zero-order chi connectivity index (χ0) is 14.1. The van der Waals surface area contributed by atoms with E-state index in [9.17, 15) is 10.1 Å². The summed E-state index contributed by atoms with van der Waals surface area (Å²) in [6, 6.07) is 6.91. The highest BCUT2D eigenvalue weighted by Gasteiger charge is 2.09. The van der Waals surface area contributed by atoms with Gasteiger partial charge in [0.15, 0.2) is 0 Å². The molecule has 0 saturated heterocycles.